The standard InChI is InChI=1S/C11H17N3O2/c1-16-10-4-5-12-11(13-10)14-6-2-3-9(7-14)8-15/h4-5,9,15H,2-3,6-8H2,1H3. The van der Waals surface area contributed by atoms with E-state index in [2.05, 4.69) is 14.9 Å². The summed E-state index contributed by atoms with van der Waals surface area (Å²) < 4.78 is 5.07. The van der Waals surface area contributed by atoms with Gasteiger partial charge >= 0.3 is 0 Å². The van der Waals surface area contributed by atoms with Gasteiger partial charge in [0.25, 0.3) is 0 Å². The molecule has 16 heavy (non-hydrogen) atoms. The molecule has 1 aliphatic rings. The Balaban J connectivity index is 2.10. The van der Waals surface area contributed by atoms with Crippen LogP contribution in [0.4, 0.5) is 5.95 Å². The lowest BCUT2D eigenvalue weighted by Crippen LogP contribution is -2.37. The quantitative estimate of drug-likeness (QED) is 0.817. The molecule has 0 aromatic carbocycles. The van der Waals surface area contributed by atoms with Crippen molar-refractivity contribution < 1.29 is 9.84 Å². The fourth-order valence-electron chi connectivity index (χ4n) is 1.99. The van der Waals surface area contributed by atoms with E-state index in [9.17, 15) is 0 Å². The van der Waals surface area contributed by atoms with E-state index >= 15 is 0 Å². The number of ether oxygens (including phenoxy) is 1. The molecule has 0 bridgehead atoms. The Hall–Kier alpha value is -1.36. The molecule has 1 aliphatic heterocycles. The number of methoxy groups -OCH3 is 1. The van der Waals surface area contributed by atoms with Gasteiger partial charge < -0.3 is 14.7 Å². The van der Waals surface area contributed by atoms with Crippen LogP contribution in [0.15, 0.2) is 12.3 Å². The molecular weight excluding hydrogens is 206 g/mol. The molecule has 5 nitrogen and oxygen atoms in total. The van der Waals surface area contributed by atoms with Crippen molar-refractivity contribution in [1.29, 1.82) is 0 Å². The Bertz CT molecular complexity index is 346. The minimum atomic E-state index is 0.237. The third-order valence-corrected chi connectivity index (χ3v) is 2.89. The molecular formula is C11H17N3O2. The predicted octanol–water partition coefficient (Wildman–Crippen LogP) is 0.694. The second-order valence-corrected chi connectivity index (χ2v) is 4.04. The molecule has 88 valence electrons. The van der Waals surface area contributed by atoms with Gasteiger partial charge in [0, 0.05) is 32.0 Å². The van der Waals surface area contributed by atoms with Crippen LogP contribution in [0.3, 0.4) is 0 Å². The highest BCUT2D eigenvalue weighted by atomic mass is 16.5. The maximum atomic E-state index is 9.16. The van der Waals surface area contributed by atoms with Gasteiger partial charge in [0.15, 0.2) is 0 Å². The van der Waals surface area contributed by atoms with Crippen LogP contribution in [-0.2, 0) is 0 Å². The number of piperidine rings is 1. The van der Waals surface area contributed by atoms with Crippen LogP contribution in [-0.4, -0.2) is 41.9 Å². The third kappa shape index (κ3) is 2.41. The van der Waals surface area contributed by atoms with E-state index in [0.717, 1.165) is 25.9 Å². The first-order valence-electron chi connectivity index (χ1n) is 5.56. The summed E-state index contributed by atoms with van der Waals surface area (Å²) in [6.07, 6.45) is 3.85. The summed E-state index contributed by atoms with van der Waals surface area (Å²) in [5, 5.41) is 9.16. The van der Waals surface area contributed by atoms with E-state index in [4.69, 9.17) is 9.84 Å². The Kier molecular flexibility index (Phi) is 3.56. The minimum absolute atomic E-state index is 0.237. The first-order chi connectivity index (χ1) is 7.83. The van der Waals surface area contributed by atoms with E-state index < -0.39 is 0 Å². The number of rotatable bonds is 3. The van der Waals surface area contributed by atoms with Gasteiger partial charge in [-0.25, -0.2) is 4.98 Å². The lowest BCUT2D eigenvalue weighted by Gasteiger charge is -2.31. The average molecular weight is 223 g/mol. The molecule has 2 heterocycles. The van der Waals surface area contributed by atoms with Crippen LogP contribution < -0.4 is 9.64 Å². The van der Waals surface area contributed by atoms with Gasteiger partial charge in [0.1, 0.15) is 0 Å². The minimum Gasteiger partial charge on any atom is -0.481 e. The largest absolute Gasteiger partial charge is 0.481 e. The second-order valence-electron chi connectivity index (χ2n) is 4.04. The maximum absolute atomic E-state index is 9.16. The summed E-state index contributed by atoms with van der Waals surface area (Å²) in [5.74, 6) is 1.61. The first-order valence-corrected chi connectivity index (χ1v) is 5.56. The molecule has 1 unspecified atom stereocenters. The van der Waals surface area contributed by atoms with E-state index in [-0.39, 0.29) is 6.61 Å². The van der Waals surface area contributed by atoms with Gasteiger partial charge in [-0.15, -0.1) is 0 Å². The normalized spacial score (nSPS) is 20.9. The predicted molar refractivity (Wildman–Crippen MR) is 60.6 cm³/mol. The monoisotopic (exact) mass is 223 g/mol. The summed E-state index contributed by atoms with van der Waals surface area (Å²) in [6.45, 7) is 2.01. The van der Waals surface area contributed by atoms with Gasteiger partial charge in [0.05, 0.1) is 7.11 Å². The molecule has 1 aromatic rings. The molecule has 0 spiro atoms. The van der Waals surface area contributed by atoms with Crippen molar-refractivity contribution in [3.8, 4) is 5.88 Å². The molecule has 0 aliphatic carbocycles. The number of hydrogen-bond acceptors (Lipinski definition) is 5. The summed E-state index contributed by atoms with van der Waals surface area (Å²) in [4.78, 5) is 10.6. The highest BCUT2D eigenvalue weighted by Crippen LogP contribution is 2.20. The van der Waals surface area contributed by atoms with Gasteiger partial charge in [-0.05, 0) is 18.8 Å². The number of nitrogens with zero attached hydrogens (tertiary/aromatic N) is 3. The molecule has 1 atom stereocenters. The molecule has 0 amide bonds. The van der Waals surface area contributed by atoms with Gasteiger partial charge in [-0.1, -0.05) is 0 Å². The fourth-order valence-corrected chi connectivity index (χ4v) is 1.99. The smallest absolute Gasteiger partial charge is 0.228 e. The number of hydrogen-bond donors (Lipinski definition) is 1. The molecule has 1 fully saturated rings. The zero-order chi connectivity index (χ0) is 11.4. The molecule has 5 heteroatoms. The lowest BCUT2D eigenvalue weighted by atomic mass is 9.99. The summed E-state index contributed by atoms with van der Waals surface area (Å²) in [7, 11) is 1.60. The molecule has 1 aromatic heterocycles. The highest BCUT2D eigenvalue weighted by molar-refractivity contribution is 5.32. The topological polar surface area (TPSA) is 58.5 Å². The zero-order valence-electron chi connectivity index (χ0n) is 9.46. The first kappa shape index (κ1) is 11.1. The summed E-state index contributed by atoms with van der Waals surface area (Å²) >= 11 is 0. The van der Waals surface area contributed by atoms with Crippen molar-refractivity contribution in [3.05, 3.63) is 12.3 Å². The number of aliphatic hydroxyl groups is 1. The maximum Gasteiger partial charge on any atom is 0.228 e. The van der Waals surface area contributed by atoms with Crippen LogP contribution in [0.25, 0.3) is 0 Å². The van der Waals surface area contributed by atoms with Gasteiger partial charge in [-0.3, -0.25) is 0 Å². The van der Waals surface area contributed by atoms with E-state index in [0.29, 0.717) is 17.7 Å². The van der Waals surface area contributed by atoms with Crippen LogP contribution in [0.1, 0.15) is 12.8 Å². The van der Waals surface area contributed by atoms with Crippen molar-refractivity contribution >= 4 is 5.95 Å². The lowest BCUT2D eigenvalue weighted by molar-refractivity contribution is 0.208. The van der Waals surface area contributed by atoms with Crippen molar-refractivity contribution in [1.82, 2.24) is 9.97 Å². The van der Waals surface area contributed by atoms with Crippen LogP contribution in [0, 0.1) is 5.92 Å². The zero-order valence-corrected chi connectivity index (χ0v) is 9.46. The Morgan fingerprint density at radius 3 is 3.25 bits per heavy atom. The van der Waals surface area contributed by atoms with Gasteiger partial charge in [0.2, 0.25) is 11.8 Å². The molecule has 0 saturated carbocycles. The van der Waals surface area contributed by atoms with E-state index in [1.807, 2.05) is 0 Å². The van der Waals surface area contributed by atoms with Crippen LogP contribution in [0.5, 0.6) is 5.88 Å². The second kappa shape index (κ2) is 5.12. The molecule has 1 N–H and O–H groups in total. The van der Waals surface area contributed by atoms with Crippen molar-refractivity contribution in [2.45, 2.75) is 12.8 Å². The third-order valence-electron chi connectivity index (χ3n) is 2.89. The molecule has 2 rings (SSSR count). The molecule has 1 saturated heterocycles. The van der Waals surface area contributed by atoms with Crippen molar-refractivity contribution in [2.75, 3.05) is 31.7 Å². The Labute approximate surface area is 95.1 Å². The number of aliphatic hydroxyl groups excluding tert-OH is 1. The number of aromatic nitrogens is 2. The van der Waals surface area contributed by atoms with Crippen molar-refractivity contribution in [2.24, 2.45) is 5.92 Å². The van der Waals surface area contributed by atoms with Crippen LogP contribution in [0.2, 0.25) is 0 Å². The fraction of sp³-hybridized carbons (Fsp3) is 0.636. The van der Waals surface area contributed by atoms with E-state index in [1.165, 1.54) is 0 Å². The van der Waals surface area contributed by atoms with Crippen molar-refractivity contribution in [3.63, 3.8) is 0 Å². The molecule has 0 radical (unpaired) electrons. The summed E-state index contributed by atoms with van der Waals surface area (Å²) in [5.41, 5.74) is 0. The Morgan fingerprint density at radius 2 is 2.50 bits per heavy atom. The summed E-state index contributed by atoms with van der Waals surface area (Å²) in [6, 6.07) is 1.73. The Morgan fingerprint density at radius 1 is 1.62 bits per heavy atom. The number of anilines is 1. The van der Waals surface area contributed by atoms with E-state index in [1.54, 1.807) is 19.4 Å². The van der Waals surface area contributed by atoms with Crippen LogP contribution >= 0.6 is 0 Å². The van der Waals surface area contributed by atoms with Gasteiger partial charge in [-0.2, -0.15) is 4.98 Å². The SMILES string of the molecule is COc1ccnc(N2CCCC(CO)C2)n1. The highest BCUT2D eigenvalue weighted by Gasteiger charge is 2.21. The average Bonchev–Trinajstić information content (AvgIpc) is 2.39.